The summed E-state index contributed by atoms with van der Waals surface area (Å²) in [6.45, 7) is 6.31. The van der Waals surface area contributed by atoms with E-state index in [1.165, 1.54) is 31.3 Å². The van der Waals surface area contributed by atoms with Crippen molar-refractivity contribution in [2.24, 2.45) is 0 Å². The maximum Gasteiger partial charge on any atom is -0.00669 e. The van der Waals surface area contributed by atoms with E-state index in [-0.39, 0.29) is 0 Å². The SMILES string of the molecule is C=C1CC2=C(CCC(CC)=C2)C1. The molecule has 0 nitrogen and oxygen atoms in total. The first-order valence-corrected chi connectivity index (χ1v) is 4.86. The minimum absolute atomic E-state index is 1.15. The summed E-state index contributed by atoms with van der Waals surface area (Å²) >= 11 is 0. The van der Waals surface area contributed by atoms with Crippen molar-refractivity contribution in [2.45, 2.75) is 39.0 Å². The Morgan fingerprint density at radius 3 is 2.92 bits per heavy atom. The number of rotatable bonds is 1. The van der Waals surface area contributed by atoms with Crippen molar-refractivity contribution in [3.63, 3.8) is 0 Å². The summed E-state index contributed by atoms with van der Waals surface area (Å²) in [4.78, 5) is 0. The van der Waals surface area contributed by atoms with Crippen LogP contribution < -0.4 is 0 Å². The molecule has 12 heavy (non-hydrogen) atoms. The van der Waals surface area contributed by atoms with Crippen LogP contribution in [0, 0.1) is 0 Å². The minimum Gasteiger partial charge on any atom is -0.0992 e. The van der Waals surface area contributed by atoms with Crippen molar-refractivity contribution >= 4 is 0 Å². The van der Waals surface area contributed by atoms with Crippen LogP contribution in [-0.2, 0) is 0 Å². The van der Waals surface area contributed by atoms with E-state index in [1.807, 2.05) is 0 Å². The molecule has 0 aromatic rings. The molecule has 0 N–H and O–H groups in total. The lowest BCUT2D eigenvalue weighted by molar-refractivity contribution is 0.838. The van der Waals surface area contributed by atoms with E-state index < -0.39 is 0 Å². The molecule has 0 saturated heterocycles. The van der Waals surface area contributed by atoms with Gasteiger partial charge in [0.05, 0.1) is 0 Å². The quantitative estimate of drug-likeness (QED) is 0.512. The minimum atomic E-state index is 1.15. The summed E-state index contributed by atoms with van der Waals surface area (Å²) in [5, 5.41) is 0. The lowest BCUT2D eigenvalue weighted by Gasteiger charge is -2.13. The third-order valence-electron chi connectivity index (χ3n) is 2.94. The Hall–Kier alpha value is -0.780. The highest BCUT2D eigenvalue weighted by Gasteiger charge is 2.19. The second-order valence-electron chi connectivity index (χ2n) is 3.89. The fraction of sp³-hybridized carbons (Fsp3) is 0.500. The highest BCUT2D eigenvalue weighted by atomic mass is 14.2. The third-order valence-corrected chi connectivity index (χ3v) is 2.94. The number of allylic oxidation sites excluding steroid dienone is 5. The molecule has 0 spiro atoms. The van der Waals surface area contributed by atoms with Crippen molar-refractivity contribution in [1.29, 1.82) is 0 Å². The molecule has 0 unspecified atom stereocenters. The molecule has 2 aliphatic carbocycles. The van der Waals surface area contributed by atoms with Gasteiger partial charge in [0.25, 0.3) is 0 Å². The van der Waals surface area contributed by atoms with Gasteiger partial charge in [0.1, 0.15) is 0 Å². The average molecular weight is 160 g/mol. The molecular weight excluding hydrogens is 144 g/mol. The van der Waals surface area contributed by atoms with Crippen LogP contribution in [0.3, 0.4) is 0 Å². The standard InChI is InChI=1S/C12H16/c1-3-10-4-5-11-6-9(2)7-12(11)8-10/h8H,2-7H2,1H3. The molecule has 64 valence electrons. The summed E-state index contributed by atoms with van der Waals surface area (Å²) in [5.74, 6) is 0. The van der Waals surface area contributed by atoms with E-state index in [1.54, 1.807) is 16.7 Å². The molecule has 0 aromatic carbocycles. The first-order chi connectivity index (χ1) is 5.79. The van der Waals surface area contributed by atoms with Gasteiger partial charge >= 0.3 is 0 Å². The third kappa shape index (κ3) is 1.26. The van der Waals surface area contributed by atoms with Gasteiger partial charge < -0.3 is 0 Å². The Morgan fingerprint density at radius 1 is 1.33 bits per heavy atom. The molecule has 0 aromatic heterocycles. The van der Waals surface area contributed by atoms with Crippen LogP contribution in [0.25, 0.3) is 0 Å². The second kappa shape index (κ2) is 2.93. The van der Waals surface area contributed by atoms with Gasteiger partial charge in [-0.3, -0.25) is 0 Å². The molecule has 2 rings (SSSR count). The molecule has 2 aliphatic rings. The molecule has 0 aliphatic heterocycles. The van der Waals surface area contributed by atoms with Crippen molar-refractivity contribution in [3.05, 3.63) is 34.9 Å². The molecule has 0 heteroatoms. The van der Waals surface area contributed by atoms with Crippen molar-refractivity contribution < 1.29 is 0 Å². The van der Waals surface area contributed by atoms with Crippen LogP contribution in [0.4, 0.5) is 0 Å². The maximum absolute atomic E-state index is 4.06. The summed E-state index contributed by atoms with van der Waals surface area (Å²) in [5.41, 5.74) is 6.29. The zero-order valence-electron chi connectivity index (χ0n) is 7.82. The highest BCUT2D eigenvalue weighted by Crippen LogP contribution is 2.38. The van der Waals surface area contributed by atoms with E-state index in [0.29, 0.717) is 0 Å². The molecular formula is C12H16. The molecule has 0 radical (unpaired) electrons. The normalized spacial score (nSPS) is 22.8. The van der Waals surface area contributed by atoms with Crippen LogP contribution in [0.15, 0.2) is 34.9 Å². The monoisotopic (exact) mass is 160 g/mol. The highest BCUT2D eigenvalue weighted by molar-refractivity contribution is 5.43. The second-order valence-corrected chi connectivity index (χ2v) is 3.89. The number of hydrogen-bond acceptors (Lipinski definition) is 0. The molecule has 0 amide bonds. The predicted molar refractivity (Wildman–Crippen MR) is 53.0 cm³/mol. The molecule has 0 atom stereocenters. The lowest BCUT2D eigenvalue weighted by Crippen LogP contribution is -1.93. The average Bonchev–Trinajstić information content (AvgIpc) is 2.43. The Bertz CT molecular complexity index is 276. The van der Waals surface area contributed by atoms with E-state index >= 15 is 0 Å². The Labute approximate surface area is 74.7 Å². The zero-order chi connectivity index (χ0) is 8.55. The largest absolute Gasteiger partial charge is 0.0992 e. The Morgan fingerprint density at radius 2 is 2.17 bits per heavy atom. The van der Waals surface area contributed by atoms with Crippen molar-refractivity contribution in [3.8, 4) is 0 Å². The van der Waals surface area contributed by atoms with E-state index in [4.69, 9.17) is 0 Å². The Balaban J connectivity index is 2.23. The number of hydrogen-bond donors (Lipinski definition) is 0. The maximum atomic E-state index is 4.06. The van der Waals surface area contributed by atoms with Gasteiger partial charge in [-0.25, -0.2) is 0 Å². The lowest BCUT2D eigenvalue weighted by atomic mass is 9.93. The summed E-state index contributed by atoms with van der Waals surface area (Å²) < 4.78 is 0. The molecule has 0 heterocycles. The van der Waals surface area contributed by atoms with Crippen molar-refractivity contribution in [2.75, 3.05) is 0 Å². The molecule has 0 saturated carbocycles. The van der Waals surface area contributed by atoms with Gasteiger partial charge in [-0.05, 0) is 37.7 Å². The van der Waals surface area contributed by atoms with Gasteiger partial charge in [0.15, 0.2) is 0 Å². The van der Waals surface area contributed by atoms with E-state index in [9.17, 15) is 0 Å². The van der Waals surface area contributed by atoms with Gasteiger partial charge in [-0.15, -0.1) is 0 Å². The van der Waals surface area contributed by atoms with Crippen LogP contribution in [0.2, 0.25) is 0 Å². The summed E-state index contributed by atoms with van der Waals surface area (Å²) in [7, 11) is 0. The predicted octanol–water partition coefficient (Wildman–Crippen LogP) is 3.76. The fourth-order valence-electron chi connectivity index (χ4n) is 2.18. The Kier molecular flexibility index (Phi) is 1.92. The van der Waals surface area contributed by atoms with Gasteiger partial charge in [-0.2, -0.15) is 0 Å². The van der Waals surface area contributed by atoms with Gasteiger partial charge in [0.2, 0.25) is 0 Å². The van der Waals surface area contributed by atoms with E-state index in [2.05, 4.69) is 19.6 Å². The summed E-state index contributed by atoms with van der Waals surface area (Å²) in [6.07, 6.45) is 8.57. The van der Waals surface area contributed by atoms with Crippen LogP contribution in [0.1, 0.15) is 39.0 Å². The first-order valence-electron chi connectivity index (χ1n) is 4.86. The molecule has 0 bridgehead atoms. The van der Waals surface area contributed by atoms with Gasteiger partial charge in [-0.1, -0.05) is 36.3 Å². The van der Waals surface area contributed by atoms with E-state index in [0.717, 1.165) is 6.42 Å². The van der Waals surface area contributed by atoms with Crippen molar-refractivity contribution in [1.82, 2.24) is 0 Å². The smallest absolute Gasteiger partial charge is 0.00669 e. The van der Waals surface area contributed by atoms with Crippen LogP contribution in [-0.4, -0.2) is 0 Å². The molecule has 0 fully saturated rings. The first kappa shape index (κ1) is 7.85. The fourth-order valence-corrected chi connectivity index (χ4v) is 2.18. The van der Waals surface area contributed by atoms with Crippen LogP contribution in [0.5, 0.6) is 0 Å². The summed E-state index contributed by atoms with van der Waals surface area (Å²) in [6, 6.07) is 0. The zero-order valence-corrected chi connectivity index (χ0v) is 7.82. The van der Waals surface area contributed by atoms with Crippen LogP contribution >= 0.6 is 0 Å². The topological polar surface area (TPSA) is 0 Å². The van der Waals surface area contributed by atoms with Gasteiger partial charge in [0, 0.05) is 0 Å².